The third-order valence-electron chi connectivity index (χ3n) is 4.29. The first-order valence-electron chi connectivity index (χ1n) is 8.53. The second-order valence-corrected chi connectivity index (χ2v) is 7.91. The first kappa shape index (κ1) is 21.5. The molecule has 1 aromatic heterocycles. The smallest absolute Gasteiger partial charge is 0.416 e. The van der Waals surface area contributed by atoms with E-state index in [0.717, 1.165) is 18.2 Å². The fourth-order valence-corrected chi connectivity index (χ4v) is 4.16. The highest BCUT2D eigenvalue weighted by atomic mass is 32.2. The summed E-state index contributed by atoms with van der Waals surface area (Å²) in [4.78, 5) is -0.163. The van der Waals surface area contributed by atoms with Gasteiger partial charge >= 0.3 is 6.18 Å². The molecule has 0 aliphatic carbocycles. The molecular formula is C19H18F3N3O4S. The topological polar surface area (TPSA) is 82.5 Å². The second kappa shape index (κ2) is 7.90. The molecule has 7 nitrogen and oxygen atoms in total. The molecule has 3 rings (SSSR count). The van der Waals surface area contributed by atoms with Crippen molar-refractivity contribution in [2.45, 2.75) is 18.0 Å². The van der Waals surface area contributed by atoms with E-state index in [-0.39, 0.29) is 22.0 Å². The van der Waals surface area contributed by atoms with Crippen molar-refractivity contribution in [3.8, 4) is 17.2 Å². The molecule has 0 aliphatic heterocycles. The van der Waals surface area contributed by atoms with Crippen LogP contribution in [-0.4, -0.2) is 32.4 Å². The SMILES string of the molecule is COc1cc(C)c(S(=O)(=O)Nc2cc(C(F)(F)F)ccc2-n2cccn2)cc1OC. The molecule has 1 N–H and O–H groups in total. The maximum atomic E-state index is 13.2. The average molecular weight is 441 g/mol. The molecule has 11 heteroatoms. The normalized spacial score (nSPS) is 11.9. The molecule has 0 saturated carbocycles. The highest BCUT2D eigenvalue weighted by Crippen LogP contribution is 2.36. The van der Waals surface area contributed by atoms with Gasteiger partial charge in [-0.3, -0.25) is 4.72 Å². The van der Waals surface area contributed by atoms with Crippen molar-refractivity contribution in [3.05, 3.63) is 59.9 Å². The average Bonchev–Trinajstić information content (AvgIpc) is 3.21. The number of ether oxygens (including phenoxy) is 2. The van der Waals surface area contributed by atoms with Gasteiger partial charge in [-0.1, -0.05) is 0 Å². The van der Waals surface area contributed by atoms with E-state index in [1.165, 1.54) is 50.4 Å². The van der Waals surface area contributed by atoms with Crippen LogP contribution in [0.5, 0.6) is 11.5 Å². The number of anilines is 1. The van der Waals surface area contributed by atoms with Crippen LogP contribution in [0.3, 0.4) is 0 Å². The Kier molecular flexibility index (Phi) is 5.66. The zero-order valence-electron chi connectivity index (χ0n) is 16.2. The van der Waals surface area contributed by atoms with Crippen LogP contribution >= 0.6 is 0 Å². The van der Waals surface area contributed by atoms with Crippen LogP contribution < -0.4 is 14.2 Å². The minimum Gasteiger partial charge on any atom is -0.493 e. The fourth-order valence-electron chi connectivity index (χ4n) is 2.86. The van der Waals surface area contributed by atoms with Crippen LogP contribution in [0.25, 0.3) is 5.69 Å². The Labute approximate surface area is 171 Å². The van der Waals surface area contributed by atoms with Crippen LogP contribution in [-0.2, 0) is 16.2 Å². The number of aromatic nitrogens is 2. The second-order valence-electron chi connectivity index (χ2n) is 6.26. The van der Waals surface area contributed by atoms with Gasteiger partial charge in [0.25, 0.3) is 10.0 Å². The number of alkyl halides is 3. The molecule has 0 atom stereocenters. The van der Waals surface area contributed by atoms with Crippen molar-refractivity contribution in [3.63, 3.8) is 0 Å². The number of benzene rings is 2. The molecular weight excluding hydrogens is 423 g/mol. The van der Waals surface area contributed by atoms with Gasteiger partial charge in [0.05, 0.1) is 36.1 Å². The molecule has 2 aromatic carbocycles. The summed E-state index contributed by atoms with van der Waals surface area (Å²) in [6.07, 6.45) is -1.74. The number of sulfonamides is 1. The van der Waals surface area contributed by atoms with Gasteiger partial charge in [0.15, 0.2) is 11.5 Å². The minimum absolute atomic E-state index is 0.134. The standard InChI is InChI=1S/C19H18F3N3O4S/c1-12-9-16(28-2)17(29-3)11-18(12)30(26,27)24-14-10-13(19(20,21)22)5-6-15(14)25-8-4-7-23-25/h4-11,24H,1-3H3. The summed E-state index contributed by atoms with van der Waals surface area (Å²) >= 11 is 0. The summed E-state index contributed by atoms with van der Waals surface area (Å²) in [5.41, 5.74) is -0.815. The van der Waals surface area contributed by atoms with Gasteiger partial charge in [0.2, 0.25) is 0 Å². The van der Waals surface area contributed by atoms with Crippen LogP contribution in [0.2, 0.25) is 0 Å². The van der Waals surface area contributed by atoms with Crippen molar-refractivity contribution in [1.29, 1.82) is 0 Å². The van der Waals surface area contributed by atoms with E-state index in [1.54, 1.807) is 6.07 Å². The Morgan fingerprint density at radius 2 is 1.73 bits per heavy atom. The molecule has 0 fully saturated rings. The van der Waals surface area contributed by atoms with Gasteiger partial charge in [0, 0.05) is 18.5 Å². The lowest BCUT2D eigenvalue weighted by molar-refractivity contribution is -0.137. The Hall–Kier alpha value is -3.21. The number of nitrogens with zero attached hydrogens (tertiary/aromatic N) is 2. The van der Waals surface area contributed by atoms with Crippen LogP contribution in [0.4, 0.5) is 18.9 Å². The van der Waals surface area contributed by atoms with Crippen LogP contribution in [0, 0.1) is 6.92 Å². The van der Waals surface area contributed by atoms with E-state index in [9.17, 15) is 21.6 Å². The molecule has 160 valence electrons. The van der Waals surface area contributed by atoms with E-state index < -0.39 is 21.8 Å². The summed E-state index contributed by atoms with van der Waals surface area (Å²) in [7, 11) is -1.52. The van der Waals surface area contributed by atoms with Crippen molar-refractivity contribution in [2.24, 2.45) is 0 Å². The molecule has 0 amide bonds. The number of methoxy groups -OCH3 is 2. The van der Waals surface area contributed by atoms with E-state index in [0.29, 0.717) is 11.3 Å². The van der Waals surface area contributed by atoms with E-state index in [2.05, 4.69) is 9.82 Å². The van der Waals surface area contributed by atoms with E-state index >= 15 is 0 Å². The first-order valence-corrected chi connectivity index (χ1v) is 10.0. The number of hydrogen-bond acceptors (Lipinski definition) is 5. The lowest BCUT2D eigenvalue weighted by Crippen LogP contribution is -2.17. The van der Waals surface area contributed by atoms with Gasteiger partial charge in [-0.25, -0.2) is 13.1 Å². The minimum atomic E-state index is -4.65. The van der Waals surface area contributed by atoms with Crippen molar-refractivity contribution in [2.75, 3.05) is 18.9 Å². The summed E-state index contributed by atoms with van der Waals surface area (Å²) in [5.74, 6) is 0.491. The fraction of sp³-hybridized carbons (Fsp3) is 0.211. The van der Waals surface area contributed by atoms with Gasteiger partial charge in [0.1, 0.15) is 0 Å². The molecule has 0 radical (unpaired) electrons. The van der Waals surface area contributed by atoms with Gasteiger partial charge < -0.3 is 9.47 Å². The van der Waals surface area contributed by atoms with Gasteiger partial charge in [-0.15, -0.1) is 0 Å². The predicted molar refractivity (Wildman–Crippen MR) is 104 cm³/mol. The Bertz CT molecular complexity index is 1160. The van der Waals surface area contributed by atoms with E-state index in [4.69, 9.17) is 9.47 Å². The first-order chi connectivity index (χ1) is 14.1. The highest BCUT2D eigenvalue weighted by Gasteiger charge is 2.32. The summed E-state index contributed by atoms with van der Waals surface area (Å²) < 4.78 is 79.6. The van der Waals surface area contributed by atoms with E-state index in [1.807, 2.05) is 0 Å². The molecule has 0 unspecified atom stereocenters. The zero-order chi connectivity index (χ0) is 22.1. The monoisotopic (exact) mass is 441 g/mol. The molecule has 0 bridgehead atoms. The number of hydrogen-bond donors (Lipinski definition) is 1. The summed E-state index contributed by atoms with van der Waals surface area (Å²) in [6.45, 7) is 1.54. The van der Waals surface area contributed by atoms with Crippen molar-refractivity contribution >= 4 is 15.7 Å². The molecule has 3 aromatic rings. The predicted octanol–water partition coefficient (Wildman–Crippen LogP) is 4.02. The van der Waals surface area contributed by atoms with Gasteiger partial charge in [-0.05, 0) is 42.8 Å². The van der Waals surface area contributed by atoms with Crippen LogP contribution in [0.1, 0.15) is 11.1 Å². The third kappa shape index (κ3) is 4.20. The van der Waals surface area contributed by atoms with Gasteiger partial charge in [-0.2, -0.15) is 18.3 Å². The molecule has 1 heterocycles. The Morgan fingerprint density at radius 1 is 1.07 bits per heavy atom. The van der Waals surface area contributed by atoms with Crippen molar-refractivity contribution < 1.29 is 31.1 Å². The molecule has 0 spiro atoms. The Morgan fingerprint density at radius 3 is 2.30 bits per heavy atom. The number of nitrogens with one attached hydrogen (secondary N) is 1. The summed E-state index contributed by atoms with van der Waals surface area (Å²) in [5, 5.41) is 3.97. The third-order valence-corrected chi connectivity index (χ3v) is 5.80. The zero-order valence-corrected chi connectivity index (χ0v) is 17.0. The van der Waals surface area contributed by atoms with Crippen LogP contribution in [0.15, 0.2) is 53.7 Å². The number of aryl methyl sites for hydroxylation is 1. The Balaban J connectivity index is 2.13. The highest BCUT2D eigenvalue weighted by molar-refractivity contribution is 7.92. The quantitative estimate of drug-likeness (QED) is 0.625. The maximum absolute atomic E-state index is 13.2. The number of rotatable bonds is 6. The summed E-state index contributed by atoms with van der Waals surface area (Å²) in [6, 6.07) is 7.01. The molecule has 0 saturated heterocycles. The number of halogens is 3. The maximum Gasteiger partial charge on any atom is 0.416 e. The lowest BCUT2D eigenvalue weighted by Gasteiger charge is -2.17. The molecule has 0 aliphatic rings. The van der Waals surface area contributed by atoms with Crippen molar-refractivity contribution in [1.82, 2.24) is 9.78 Å². The molecule has 30 heavy (non-hydrogen) atoms. The largest absolute Gasteiger partial charge is 0.493 e. The lowest BCUT2D eigenvalue weighted by atomic mass is 10.1.